The number of nitrogens with zero attached hydrogens (tertiary/aromatic N) is 3. The van der Waals surface area contributed by atoms with E-state index in [1.165, 1.54) is 11.8 Å². The van der Waals surface area contributed by atoms with E-state index in [0.717, 1.165) is 35.9 Å². The molecular formula is C20H24N4O3S. The molecule has 7 nitrogen and oxygen atoms in total. The van der Waals surface area contributed by atoms with Gasteiger partial charge in [0.25, 0.3) is 0 Å². The van der Waals surface area contributed by atoms with Crippen molar-refractivity contribution in [3.63, 3.8) is 0 Å². The van der Waals surface area contributed by atoms with Gasteiger partial charge in [-0.25, -0.2) is 4.98 Å². The van der Waals surface area contributed by atoms with Crippen molar-refractivity contribution in [3.8, 4) is 11.4 Å². The summed E-state index contributed by atoms with van der Waals surface area (Å²) in [6, 6.07) is 9.44. The Morgan fingerprint density at radius 1 is 1.39 bits per heavy atom. The summed E-state index contributed by atoms with van der Waals surface area (Å²) < 4.78 is 12.3. The molecule has 3 rings (SSSR count). The molecular weight excluding hydrogens is 376 g/mol. The summed E-state index contributed by atoms with van der Waals surface area (Å²) in [5.41, 5.74) is 0.932. The molecule has 0 radical (unpaired) electrons. The molecule has 0 saturated carbocycles. The highest BCUT2D eigenvalue weighted by molar-refractivity contribution is 8.00. The summed E-state index contributed by atoms with van der Waals surface area (Å²) >= 11 is 1.45. The van der Waals surface area contributed by atoms with E-state index in [0.29, 0.717) is 11.6 Å². The van der Waals surface area contributed by atoms with Gasteiger partial charge in [0, 0.05) is 24.5 Å². The van der Waals surface area contributed by atoms with E-state index in [4.69, 9.17) is 9.26 Å². The highest BCUT2D eigenvalue weighted by Crippen LogP contribution is 2.29. The first-order chi connectivity index (χ1) is 13.6. The third-order valence-corrected chi connectivity index (χ3v) is 5.42. The van der Waals surface area contributed by atoms with E-state index in [9.17, 15) is 4.79 Å². The van der Waals surface area contributed by atoms with Gasteiger partial charge in [0.2, 0.25) is 5.91 Å². The Balaban J connectivity index is 1.79. The number of imidazole rings is 1. The van der Waals surface area contributed by atoms with Crippen molar-refractivity contribution >= 4 is 23.5 Å². The molecule has 0 saturated heterocycles. The molecule has 1 N–H and O–H groups in total. The maximum absolute atomic E-state index is 12.8. The Kier molecular flexibility index (Phi) is 6.76. The van der Waals surface area contributed by atoms with Crippen molar-refractivity contribution in [2.24, 2.45) is 0 Å². The number of carbonyl (C=O) groups excluding carboxylic acids is 1. The van der Waals surface area contributed by atoms with Crippen LogP contribution in [0, 0.1) is 6.92 Å². The minimum atomic E-state index is -0.288. The zero-order chi connectivity index (χ0) is 19.9. The molecule has 0 aliphatic carbocycles. The molecule has 1 unspecified atom stereocenters. The van der Waals surface area contributed by atoms with Crippen molar-refractivity contribution in [2.75, 3.05) is 12.4 Å². The van der Waals surface area contributed by atoms with Gasteiger partial charge in [-0.2, -0.15) is 0 Å². The van der Waals surface area contributed by atoms with Gasteiger partial charge in [0.15, 0.2) is 11.0 Å². The van der Waals surface area contributed by atoms with Gasteiger partial charge in [-0.15, -0.1) is 0 Å². The van der Waals surface area contributed by atoms with Gasteiger partial charge in [-0.3, -0.25) is 9.36 Å². The number of unbranched alkanes of at least 4 members (excludes halogenated alkanes) is 1. The summed E-state index contributed by atoms with van der Waals surface area (Å²) in [5.74, 6) is 1.75. The van der Waals surface area contributed by atoms with Crippen LogP contribution in [0.5, 0.6) is 5.75 Å². The Morgan fingerprint density at radius 3 is 2.96 bits per heavy atom. The van der Waals surface area contributed by atoms with E-state index in [1.54, 1.807) is 26.3 Å². The number of aryl methyl sites for hydroxylation is 1. The van der Waals surface area contributed by atoms with E-state index >= 15 is 0 Å². The van der Waals surface area contributed by atoms with Crippen LogP contribution < -0.4 is 10.1 Å². The molecule has 2 heterocycles. The number of thioether (sulfide) groups is 1. The van der Waals surface area contributed by atoms with Crippen LogP contribution in [-0.4, -0.2) is 33.0 Å². The molecule has 1 amide bonds. The van der Waals surface area contributed by atoms with E-state index < -0.39 is 0 Å². The number of hydrogen-bond acceptors (Lipinski definition) is 6. The minimum absolute atomic E-state index is 0.105. The van der Waals surface area contributed by atoms with Crippen molar-refractivity contribution in [2.45, 2.75) is 43.5 Å². The Bertz CT molecular complexity index is 922. The van der Waals surface area contributed by atoms with E-state index in [-0.39, 0.29) is 11.2 Å². The summed E-state index contributed by atoms with van der Waals surface area (Å²) in [4.78, 5) is 17.3. The Hall–Kier alpha value is -2.74. The third kappa shape index (κ3) is 4.95. The predicted molar refractivity (Wildman–Crippen MR) is 109 cm³/mol. The number of rotatable bonds is 9. The van der Waals surface area contributed by atoms with Crippen molar-refractivity contribution in [1.29, 1.82) is 0 Å². The van der Waals surface area contributed by atoms with E-state index in [1.807, 2.05) is 35.0 Å². The van der Waals surface area contributed by atoms with Crippen LogP contribution in [0.2, 0.25) is 0 Å². The molecule has 1 aromatic carbocycles. The minimum Gasteiger partial charge on any atom is -0.497 e. The lowest BCUT2D eigenvalue weighted by Gasteiger charge is -2.16. The van der Waals surface area contributed by atoms with Gasteiger partial charge in [0.1, 0.15) is 11.5 Å². The quantitative estimate of drug-likeness (QED) is 0.534. The number of ether oxygens (including phenoxy) is 1. The maximum Gasteiger partial charge on any atom is 0.239 e. The summed E-state index contributed by atoms with van der Waals surface area (Å²) in [7, 11) is 1.64. The lowest BCUT2D eigenvalue weighted by atomic mass is 10.2. The summed E-state index contributed by atoms with van der Waals surface area (Å²) in [6.45, 7) is 3.90. The van der Waals surface area contributed by atoms with Gasteiger partial charge in [-0.05, 0) is 25.5 Å². The number of aromatic nitrogens is 3. The molecule has 0 bridgehead atoms. The molecule has 0 spiro atoms. The first-order valence-electron chi connectivity index (χ1n) is 9.19. The summed E-state index contributed by atoms with van der Waals surface area (Å²) in [5, 5.41) is 7.15. The first kappa shape index (κ1) is 20.0. The lowest BCUT2D eigenvalue weighted by molar-refractivity contribution is -0.115. The van der Waals surface area contributed by atoms with Crippen LogP contribution >= 0.6 is 11.8 Å². The van der Waals surface area contributed by atoms with Crippen molar-refractivity contribution in [3.05, 3.63) is 48.5 Å². The molecule has 148 valence electrons. The van der Waals surface area contributed by atoms with Crippen molar-refractivity contribution < 1.29 is 14.1 Å². The monoisotopic (exact) mass is 400 g/mol. The lowest BCUT2D eigenvalue weighted by Crippen LogP contribution is -2.25. The van der Waals surface area contributed by atoms with E-state index in [2.05, 4.69) is 22.4 Å². The molecule has 28 heavy (non-hydrogen) atoms. The second-order valence-electron chi connectivity index (χ2n) is 6.34. The largest absolute Gasteiger partial charge is 0.497 e. The highest BCUT2D eigenvalue weighted by Gasteiger charge is 2.23. The molecule has 3 aromatic rings. The number of nitrogens with one attached hydrogen (secondary N) is 1. The van der Waals surface area contributed by atoms with Crippen LogP contribution in [0.1, 0.15) is 31.9 Å². The fraction of sp³-hybridized carbons (Fsp3) is 0.350. The number of methoxy groups -OCH3 is 1. The predicted octanol–water partition coefficient (Wildman–Crippen LogP) is 4.47. The second-order valence-corrected chi connectivity index (χ2v) is 7.51. The number of amides is 1. The van der Waals surface area contributed by atoms with Gasteiger partial charge in [0.05, 0.1) is 18.0 Å². The molecule has 2 aromatic heterocycles. The number of benzene rings is 1. The Labute approximate surface area is 168 Å². The average molecular weight is 401 g/mol. The van der Waals surface area contributed by atoms with Crippen LogP contribution in [0.15, 0.2) is 52.4 Å². The molecule has 0 aliphatic heterocycles. The number of carbonyl (C=O) groups is 1. The van der Waals surface area contributed by atoms with Crippen LogP contribution in [0.4, 0.5) is 5.82 Å². The van der Waals surface area contributed by atoms with Gasteiger partial charge < -0.3 is 14.6 Å². The second kappa shape index (κ2) is 9.45. The standard InChI is InChI=1S/C20H24N4O3S/c1-4-5-9-17(19(25)22-18-12-14(2)27-23-18)28-20-21-10-11-24(20)15-7-6-8-16(13-15)26-3/h6-8,10-13,17H,4-5,9H2,1-3H3,(H,22,23,25). The van der Waals surface area contributed by atoms with Gasteiger partial charge >= 0.3 is 0 Å². The van der Waals surface area contributed by atoms with Crippen LogP contribution in [0.3, 0.4) is 0 Å². The fourth-order valence-electron chi connectivity index (χ4n) is 2.73. The molecule has 8 heteroatoms. The van der Waals surface area contributed by atoms with Crippen LogP contribution in [-0.2, 0) is 4.79 Å². The normalized spacial score (nSPS) is 12.0. The topological polar surface area (TPSA) is 82.2 Å². The zero-order valence-corrected chi connectivity index (χ0v) is 17.0. The number of anilines is 1. The van der Waals surface area contributed by atoms with Gasteiger partial charge in [-0.1, -0.05) is 42.8 Å². The zero-order valence-electron chi connectivity index (χ0n) is 16.2. The first-order valence-corrected chi connectivity index (χ1v) is 10.1. The third-order valence-electron chi connectivity index (χ3n) is 4.18. The summed E-state index contributed by atoms with van der Waals surface area (Å²) in [6.07, 6.45) is 6.32. The maximum atomic E-state index is 12.8. The SMILES string of the molecule is CCCCC(Sc1nccn1-c1cccc(OC)c1)C(=O)Nc1cc(C)on1. The average Bonchev–Trinajstić information content (AvgIpc) is 3.33. The molecule has 0 aliphatic rings. The smallest absolute Gasteiger partial charge is 0.239 e. The Morgan fingerprint density at radius 2 is 2.25 bits per heavy atom. The van der Waals surface area contributed by atoms with Crippen LogP contribution in [0.25, 0.3) is 5.69 Å². The highest BCUT2D eigenvalue weighted by atomic mass is 32.2. The molecule has 1 atom stereocenters. The number of hydrogen-bond donors (Lipinski definition) is 1. The molecule has 0 fully saturated rings. The van der Waals surface area contributed by atoms with Crippen molar-refractivity contribution in [1.82, 2.24) is 14.7 Å². The fourth-order valence-corrected chi connectivity index (χ4v) is 3.83.